The van der Waals surface area contributed by atoms with E-state index in [1.54, 1.807) is 6.92 Å². The number of rotatable bonds is 3. The molecule has 0 saturated carbocycles. The molecule has 0 aliphatic heterocycles. The number of nitrogens with one attached hydrogen (secondary N) is 1. The number of hydrogen-bond donors (Lipinski definition) is 1. The Kier molecular flexibility index (Phi) is 4.77. The number of para-hydroxylation sites is 1. The SMILES string of the molecule is CC(=O)Nc1c(C(C)C)cccc1C(C)I. The third-order valence-corrected chi connectivity index (χ3v) is 3.15. The van der Waals surface area contributed by atoms with Crippen LogP contribution in [-0.4, -0.2) is 5.91 Å². The van der Waals surface area contributed by atoms with Gasteiger partial charge in [0, 0.05) is 16.5 Å². The second kappa shape index (κ2) is 5.66. The van der Waals surface area contributed by atoms with E-state index >= 15 is 0 Å². The van der Waals surface area contributed by atoms with Gasteiger partial charge in [0.15, 0.2) is 0 Å². The smallest absolute Gasteiger partial charge is 0.221 e. The van der Waals surface area contributed by atoms with Crippen LogP contribution in [0.5, 0.6) is 0 Å². The van der Waals surface area contributed by atoms with Crippen molar-refractivity contribution in [1.82, 2.24) is 0 Å². The van der Waals surface area contributed by atoms with Crippen molar-refractivity contribution in [1.29, 1.82) is 0 Å². The summed E-state index contributed by atoms with van der Waals surface area (Å²) in [5, 5.41) is 2.96. The maximum absolute atomic E-state index is 11.2. The van der Waals surface area contributed by atoms with Gasteiger partial charge in [0.1, 0.15) is 0 Å². The molecule has 0 fully saturated rings. The van der Waals surface area contributed by atoms with Gasteiger partial charge >= 0.3 is 0 Å². The number of hydrogen-bond acceptors (Lipinski definition) is 1. The molecule has 0 aliphatic rings. The molecule has 1 unspecified atom stereocenters. The molecule has 1 atom stereocenters. The molecule has 0 spiro atoms. The van der Waals surface area contributed by atoms with E-state index in [0.717, 1.165) is 5.69 Å². The van der Waals surface area contributed by atoms with Crippen molar-refractivity contribution in [3.63, 3.8) is 0 Å². The normalized spacial score (nSPS) is 12.6. The van der Waals surface area contributed by atoms with E-state index in [4.69, 9.17) is 0 Å². The molecule has 2 nitrogen and oxygen atoms in total. The van der Waals surface area contributed by atoms with Crippen LogP contribution in [-0.2, 0) is 4.79 Å². The first kappa shape index (κ1) is 13.5. The van der Waals surface area contributed by atoms with Gasteiger partial charge in [-0.3, -0.25) is 4.79 Å². The Morgan fingerprint density at radius 1 is 1.25 bits per heavy atom. The second-order valence-corrected chi connectivity index (χ2v) is 6.13. The van der Waals surface area contributed by atoms with Crippen LogP contribution >= 0.6 is 22.6 Å². The number of alkyl halides is 1. The Hall–Kier alpha value is -0.580. The number of anilines is 1. The van der Waals surface area contributed by atoms with Crippen LogP contribution in [0.25, 0.3) is 0 Å². The van der Waals surface area contributed by atoms with Gasteiger partial charge in [0.25, 0.3) is 0 Å². The van der Waals surface area contributed by atoms with Crippen molar-refractivity contribution in [3.05, 3.63) is 29.3 Å². The molecule has 88 valence electrons. The fourth-order valence-electron chi connectivity index (χ4n) is 1.72. The number of amides is 1. The number of benzene rings is 1. The predicted octanol–water partition coefficient (Wildman–Crippen LogP) is 4.26. The van der Waals surface area contributed by atoms with Crippen molar-refractivity contribution in [2.24, 2.45) is 0 Å². The zero-order chi connectivity index (χ0) is 12.3. The molecule has 0 aromatic heterocycles. The summed E-state index contributed by atoms with van der Waals surface area (Å²) in [5.41, 5.74) is 3.39. The summed E-state index contributed by atoms with van der Waals surface area (Å²) in [6.07, 6.45) is 0. The lowest BCUT2D eigenvalue weighted by atomic mass is 9.96. The Balaban J connectivity index is 3.28. The lowest BCUT2D eigenvalue weighted by Crippen LogP contribution is -2.11. The Labute approximate surface area is 111 Å². The maximum atomic E-state index is 11.2. The molecular formula is C13H18INO. The quantitative estimate of drug-likeness (QED) is 0.651. The van der Waals surface area contributed by atoms with Gasteiger partial charge in [-0.05, 0) is 24.0 Å². The van der Waals surface area contributed by atoms with E-state index < -0.39 is 0 Å². The molecule has 0 bridgehead atoms. The zero-order valence-corrected chi connectivity index (χ0v) is 12.3. The van der Waals surface area contributed by atoms with E-state index in [1.807, 2.05) is 0 Å². The minimum atomic E-state index is -0.00796. The van der Waals surface area contributed by atoms with Crippen molar-refractivity contribution in [2.45, 2.75) is 37.5 Å². The number of halogens is 1. The molecule has 1 rings (SSSR count). The standard InChI is InChI=1S/C13H18INO/c1-8(2)11-6-5-7-12(9(3)14)13(11)15-10(4)16/h5-9H,1-4H3,(H,15,16). The Morgan fingerprint density at radius 3 is 2.25 bits per heavy atom. The van der Waals surface area contributed by atoms with Gasteiger partial charge in [-0.2, -0.15) is 0 Å². The van der Waals surface area contributed by atoms with Gasteiger partial charge in [-0.1, -0.05) is 54.6 Å². The first-order valence-electron chi connectivity index (χ1n) is 5.48. The molecule has 0 aliphatic carbocycles. The van der Waals surface area contributed by atoms with E-state index in [2.05, 4.69) is 66.9 Å². The minimum Gasteiger partial charge on any atom is -0.326 e. The van der Waals surface area contributed by atoms with Gasteiger partial charge in [0.2, 0.25) is 5.91 Å². The van der Waals surface area contributed by atoms with Gasteiger partial charge in [-0.15, -0.1) is 0 Å². The summed E-state index contributed by atoms with van der Waals surface area (Å²) in [6, 6.07) is 6.22. The van der Waals surface area contributed by atoms with Crippen LogP contribution in [0.4, 0.5) is 5.69 Å². The highest BCUT2D eigenvalue weighted by molar-refractivity contribution is 14.1. The Bertz CT molecular complexity index is 359. The topological polar surface area (TPSA) is 29.1 Å². The van der Waals surface area contributed by atoms with E-state index in [1.165, 1.54) is 11.1 Å². The van der Waals surface area contributed by atoms with Crippen LogP contribution in [0.2, 0.25) is 0 Å². The Morgan fingerprint density at radius 2 is 1.81 bits per heavy atom. The summed E-state index contributed by atoms with van der Waals surface area (Å²) in [5.74, 6) is 0.406. The maximum Gasteiger partial charge on any atom is 0.221 e. The molecule has 16 heavy (non-hydrogen) atoms. The van der Waals surface area contributed by atoms with Gasteiger partial charge < -0.3 is 5.32 Å². The molecule has 1 N–H and O–H groups in total. The van der Waals surface area contributed by atoms with Crippen molar-refractivity contribution < 1.29 is 4.79 Å². The third kappa shape index (κ3) is 3.20. The lowest BCUT2D eigenvalue weighted by Gasteiger charge is -2.18. The van der Waals surface area contributed by atoms with Crippen LogP contribution in [0.1, 0.15) is 48.7 Å². The highest BCUT2D eigenvalue weighted by Crippen LogP contribution is 2.35. The highest BCUT2D eigenvalue weighted by Gasteiger charge is 2.14. The van der Waals surface area contributed by atoms with E-state index in [9.17, 15) is 4.79 Å². The summed E-state index contributed by atoms with van der Waals surface area (Å²) in [4.78, 5) is 11.2. The first-order chi connectivity index (χ1) is 7.43. The fourth-order valence-corrected chi connectivity index (χ4v) is 2.24. The molecule has 0 heterocycles. The molecule has 1 aromatic carbocycles. The average molecular weight is 331 g/mol. The average Bonchev–Trinajstić information content (AvgIpc) is 2.16. The first-order valence-corrected chi connectivity index (χ1v) is 6.72. The zero-order valence-electron chi connectivity index (χ0n) is 10.2. The third-order valence-electron chi connectivity index (χ3n) is 2.48. The monoisotopic (exact) mass is 331 g/mol. The molecule has 3 heteroatoms. The summed E-state index contributed by atoms with van der Waals surface area (Å²) in [7, 11) is 0. The second-order valence-electron chi connectivity index (χ2n) is 4.26. The molecular weight excluding hydrogens is 313 g/mol. The van der Waals surface area contributed by atoms with Crippen LogP contribution in [0.15, 0.2) is 18.2 Å². The van der Waals surface area contributed by atoms with E-state index in [-0.39, 0.29) is 5.91 Å². The molecule has 1 amide bonds. The van der Waals surface area contributed by atoms with Crippen molar-refractivity contribution in [2.75, 3.05) is 5.32 Å². The van der Waals surface area contributed by atoms with E-state index in [0.29, 0.717) is 9.84 Å². The number of carbonyl (C=O) groups excluding carboxylic acids is 1. The van der Waals surface area contributed by atoms with Gasteiger partial charge in [0.05, 0.1) is 0 Å². The summed E-state index contributed by atoms with van der Waals surface area (Å²) < 4.78 is 0.387. The van der Waals surface area contributed by atoms with Crippen LogP contribution < -0.4 is 5.32 Å². The lowest BCUT2D eigenvalue weighted by molar-refractivity contribution is -0.114. The number of carbonyl (C=O) groups is 1. The fraction of sp³-hybridized carbons (Fsp3) is 0.462. The summed E-state index contributed by atoms with van der Waals surface area (Å²) in [6.45, 7) is 7.97. The van der Waals surface area contributed by atoms with Crippen LogP contribution in [0.3, 0.4) is 0 Å². The van der Waals surface area contributed by atoms with Crippen molar-refractivity contribution in [3.8, 4) is 0 Å². The van der Waals surface area contributed by atoms with Gasteiger partial charge in [-0.25, -0.2) is 0 Å². The highest BCUT2D eigenvalue weighted by atomic mass is 127. The largest absolute Gasteiger partial charge is 0.326 e. The molecule has 1 aromatic rings. The van der Waals surface area contributed by atoms with Crippen molar-refractivity contribution >= 4 is 34.2 Å². The van der Waals surface area contributed by atoms with Crippen LogP contribution in [0, 0.1) is 0 Å². The molecule has 0 saturated heterocycles. The summed E-state index contributed by atoms with van der Waals surface area (Å²) >= 11 is 2.37. The minimum absolute atomic E-state index is 0.00796. The predicted molar refractivity (Wildman–Crippen MR) is 77.3 cm³/mol. The molecule has 0 radical (unpaired) electrons.